The van der Waals surface area contributed by atoms with Crippen LogP contribution in [-0.4, -0.2) is 36.6 Å². The lowest BCUT2D eigenvalue weighted by molar-refractivity contribution is -0.144. The quantitative estimate of drug-likeness (QED) is 0.525. The van der Waals surface area contributed by atoms with Crippen molar-refractivity contribution < 1.29 is 23.8 Å². The molecule has 0 fully saturated rings. The van der Waals surface area contributed by atoms with Crippen LogP contribution in [0.4, 0.5) is 0 Å². The summed E-state index contributed by atoms with van der Waals surface area (Å²) in [6.45, 7) is 5.07. The number of benzene rings is 1. The molecule has 0 saturated carbocycles. The number of aryl methyl sites for hydroxylation is 1. The van der Waals surface area contributed by atoms with Crippen molar-refractivity contribution in [1.29, 1.82) is 0 Å². The monoisotopic (exact) mass is 371 g/mol. The first-order chi connectivity index (χ1) is 12.9. The van der Waals surface area contributed by atoms with Crippen molar-refractivity contribution in [2.24, 2.45) is 7.05 Å². The smallest absolute Gasteiger partial charge is 0.344 e. The summed E-state index contributed by atoms with van der Waals surface area (Å²) in [5, 5.41) is 0. The second kappa shape index (κ2) is 9.07. The Kier molecular flexibility index (Phi) is 6.82. The van der Waals surface area contributed by atoms with Crippen molar-refractivity contribution in [3.8, 4) is 11.5 Å². The number of carbonyl (C=O) groups excluding carboxylic acids is 2. The third kappa shape index (κ3) is 5.00. The average molecular weight is 371 g/mol. The van der Waals surface area contributed by atoms with Crippen LogP contribution in [0.15, 0.2) is 30.3 Å². The molecule has 6 heteroatoms. The maximum Gasteiger partial charge on any atom is 0.344 e. The summed E-state index contributed by atoms with van der Waals surface area (Å²) < 4.78 is 17.7. The average Bonchev–Trinajstić information content (AvgIpc) is 2.92. The summed E-state index contributed by atoms with van der Waals surface area (Å²) in [5.74, 6) is 0.0968. The first kappa shape index (κ1) is 20.3. The Morgan fingerprint density at radius 3 is 2.44 bits per heavy atom. The predicted octanol–water partition coefficient (Wildman–Crippen LogP) is 3.49. The van der Waals surface area contributed by atoms with Crippen LogP contribution >= 0.6 is 0 Å². The van der Waals surface area contributed by atoms with Crippen LogP contribution in [0.25, 0.3) is 6.08 Å². The van der Waals surface area contributed by atoms with Crippen LogP contribution in [-0.2, 0) is 16.6 Å². The molecule has 0 saturated heterocycles. The largest absolute Gasteiger partial charge is 0.493 e. The van der Waals surface area contributed by atoms with Crippen molar-refractivity contribution >= 4 is 17.8 Å². The second-order valence-corrected chi connectivity index (χ2v) is 6.13. The van der Waals surface area contributed by atoms with E-state index in [1.54, 1.807) is 12.1 Å². The van der Waals surface area contributed by atoms with E-state index >= 15 is 0 Å². The molecular weight excluding hydrogens is 346 g/mol. The Labute approximate surface area is 159 Å². The van der Waals surface area contributed by atoms with E-state index in [0.29, 0.717) is 17.1 Å². The number of Topliss-reactive ketones (excluding diaryl/α,β-unsaturated/α-hetero) is 1. The molecule has 0 unspecified atom stereocenters. The fraction of sp³-hybridized carbons (Fsp3) is 0.333. The highest BCUT2D eigenvalue weighted by Gasteiger charge is 2.16. The van der Waals surface area contributed by atoms with Crippen molar-refractivity contribution in [3.05, 3.63) is 52.9 Å². The lowest BCUT2D eigenvalue weighted by Crippen LogP contribution is -2.20. The summed E-state index contributed by atoms with van der Waals surface area (Å²) in [6, 6.07) is 7.18. The second-order valence-electron chi connectivity index (χ2n) is 6.13. The Morgan fingerprint density at radius 2 is 1.85 bits per heavy atom. The van der Waals surface area contributed by atoms with Gasteiger partial charge in [-0.15, -0.1) is 0 Å². The van der Waals surface area contributed by atoms with Gasteiger partial charge in [0.15, 0.2) is 24.7 Å². The van der Waals surface area contributed by atoms with E-state index in [0.717, 1.165) is 17.0 Å². The maximum absolute atomic E-state index is 12.3. The fourth-order valence-corrected chi connectivity index (χ4v) is 2.64. The van der Waals surface area contributed by atoms with Gasteiger partial charge in [0.05, 0.1) is 7.11 Å². The molecule has 1 aromatic carbocycles. The van der Waals surface area contributed by atoms with Gasteiger partial charge in [-0.1, -0.05) is 18.2 Å². The van der Waals surface area contributed by atoms with Crippen LogP contribution in [0, 0.1) is 13.8 Å². The summed E-state index contributed by atoms with van der Waals surface area (Å²) in [7, 11) is 3.42. The number of hydrogen-bond acceptors (Lipinski definition) is 5. The van der Waals surface area contributed by atoms with Crippen molar-refractivity contribution in [3.63, 3.8) is 0 Å². The number of nitrogens with zero attached hydrogens (tertiary/aromatic N) is 1. The molecule has 0 N–H and O–H groups in total. The molecule has 0 aliphatic heterocycles. The van der Waals surface area contributed by atoms with E-state index in [1.807, 2.05) is 56.7 Å². The Bertz CT molecular complexity index is 864. The van der Waals surface area contributed by atoms with E-state index in [4.69, 9.17) is 14.2 Å². The Hall–Kier alpha value is -3.02. The molecular formula is C21H25NO5. The number of ether oxygens (including phenoxy) is 3. The number of esters is 1. The molecule has 0 amide bonds. The molecule has 0 bridgehead atoms. The molecule has 0 atom stereocenters. The molecule has 0 radical (unpaired) electrons. The zero-order chi connectivity index (χ0) is 20.0. The van der Waals surface area contributed by atoms with Crippen LogP contribution in [0.1, 0.15) is 34.2 Å². The normalized spacial score (nSPS) is 10.9. The lowest BCUT2D eigenvalue weighted by atomic mass is 10.1. The number of carbonyl (C=O) groups is 2. The number of hydrogen-bond donors (Lipinski definition) is 0. The summed E-state index contributed by atoms with van der Waals surface area (Å²) in [4.78, 5) is 24.2. The number of methoxy groups -OCH3 is 1. The Morgan fingerprint density at radius 1 is 1.11 bits per heavy atom. The van der Waals surface area contributed by atoms with Crippen LogP contribution in [0.2, 0.25) is 0 Å². The molecule has 0 spiro atoms. The summed E-state index contributed by atoms with van der Waals surface area (Å²) in [6.07, 6.45) is 3.85. The summed E-state index contributed by atoms with van der Waals surface area (Å²) >= 11 is 0. The minimum absolute atomic E-state index is 0.238. The molecule has 144 valence electrons. The lowest BCUT2D eigenvalue weighted by Gasteiger charge is -2.11. The molecule has 2 rings (SSSR count). The highest BCUT2D eigenvalue weighted by atomic mass is 16.6. The zero-order valence-corrected chi connectivity index (χ0v) is 16.4. The van der Waals surface area contributed by atoms with Crippen molar-refractivity contribution in [2.45, 2.75) is 20.8 Å². The van der Waals surface area contributed by atoms with Crippen LogP contribution in [0.3, 0.4) is 0 Å². The molecule has 2 aromatic rings. The van der Waals surface area contributed by atoms with Gasteiger partial charge >= 0.3 is 5.97 Å². The van der Waals surface area contributed by atoms with E-state index < -0.39 is 5.97 Å². The minimum Gasteiger partial charge on any atom is -0.493 e. The third-order valence-corrected chi connectivity index (χ3v) is 4.33. The SMILES string of the molecule is CC=Cc1ccc(OCC(=O)OCC(=O)c2cc(C)n(C)c2C)c(OC)c1. The number of ketones is 1. The number of rotatable bonds is 8. The maximum atomic E-state index is 12.3. The third-order valence-electron chi connectivity index (χ3n) is 4.33. The number of aromatic nitrogens is 1. The molecule has 0 aliphatic carbocycles. The van der Waals surface area contributed by atoms with E-state index in [9.17, 15) is 9.59 Å². The van der Waals surface area contributed by atoms with Gasteiger partial charge in [0.2, 0.25) is 5.78 Å². The molecule has 0 aliphatic rings. The van der Waals surface area contributed by atoms with Gasteiger partial charge in [0.25, 0.3) is 0 Å². The summed E-state index contributed by atoms with van der Waals surface area (Å²) in [5.41, 5.74) is 3.34. The van der Waals surface area contributed by atoms with Crippen molar-refractivity contribution in [2.75, 3.05) is 20.3 Å². The molecule has 1 aromatic heterocycles. The first-order valence-corrected chi connectivity index (χ1v) is 8.62. The van der Waals surface area contributed by atoms with Crippen molar-refractivity contribution in [1.82, 2.24) is 4.57 Å². The van der Waals surface area contributed by atoms with Crippen LogP contribution in [0.5, 0.6) is 11.5 Å². The van der Waals surface area contributed by atoms with Gasteiger partial charge < -0.3 is 18.8 Å². The van der Waals surface area contributed by atoms with Gasteiger partial charge in [-0.2, -0.15) is 0 Å². The molecule has 6 nitrogen and oxygen atoms in total. The standard InChI is InChI=1S/C21H25NO5/c1-6-7-16-8-9-19(20(11-16)25-5)26-13-21(24)27-12-18(23)17-10-14(2)22(4)15(17)3/h6-11H,12-13H2,1-5H3. The van der Waals surface area contributed by atoms with Gasteiger partial charge in [-0.25, -0.2) is 4.79 Å². The minimum atomic E-state index is -0.617. The highest BCUT2D eigenvalue weighted by molar-refractivity contribution is 5.99. The predicted molar refractivity (Wildman–Crippen MR) is 103 cm³/mol. The Balaban J connectivity index is 1.91. The highest BCUT2D eigenvalue weighted by Crippen LogP contribution is 2.28. The zero-order valence-electron chi connectivity index (χ0n) is 16.4. The van der Waals surface area contributed by atoms with Gasteiger partial charge in [-0.05, 0) is 44.5 Å². The van der Waals surface area contributed by atoms with Gasteiger partial charge in [0, 0.05) is 24.0 Å². The molecule has 1 heterocycles. The fourth-order valence-electron chi connectivity index (χ4n) is 2.64. The van der Waals surface area contributed by atoms with Crippen LogP contribution < -0.4 is 9.47 Å². The topological polar surface area (TPSA) is 66.8 Å². The number of allylic oxidation sites excluding steroid dienone is 1. The van der Waals surface area contributed by atoms with E-state index in [-0.39, 0.29) is 19.0 Å². The van der Waals surface area contributed by atoms with Gasteiger partial charge in [0.1, 0.15) is 0 Å². The molecule has 27 heavy (non-hydrogen) atoms. The van der Waals surface area contributed by atoms with Gasteiger partial charge in [-0.3, -0.25) is 4.79 Å². The first-order valence-electron chi connectivity index (χ1n) is 8.62. The van der Waals surface area contributed by atoms with E-state index in [1.165, 1.54) is 7.11 Å². The van der Waals surface area contributed by atoms with E-state index in [2.05, 4.69) is 0 Å².